The van der Waals surface area contributed by atoms with E-state index in [9.17, 15) is 4.79 Å². The lowest BCUT2D eigenvalue weighted by molar-refractivity contribution is -0.139. The number of benzene rings is 1. The van der Waals surface area contributed by atoms with E-state index in [1.807, 2.05) is 56.9 Å². The van der Waals surface area contributed by atoms with Crippen molar-refractivity contribution in [2.75, 3.05) is 31.1 Å². The van der Waals surface area contributed by atoms with Gasteiger partial charge < -0.3 is 9.80 Å². The van der Waals surface area contributed by atoms with Crippen molar-refractivity contribution >= 4 is 11.7 Å². The standard InChI is InChI=1S/C20H26N4O/c1-15-21-17(16-8-6-5-7-9-16)14-18(22-15)23-10-12-24(13-11-23)19(25)20(2,3)4/h5-9,14H,10-13H2,1-4H3. The monoisotopic (exact) mass is 338 g/mol. The number of anilines is 1. The molecule has 1 saturated heterocycles. The molecule has 1 aliphatic rings. The highest BCUT2D eigenvalue weighted by atomic mass is 16.2. The number of carbonyl (C=O) groups excluding carboxylic acids is 1. The van der Waals surface area contributed by atoms with E-state index >= 15 is 0 Å². The number of rotatable bonds is 2. The number of amides is 1. The molecule has 5 heteroatoms. The number of piperazine rings is 1. The maximum Gasteiger partial charge on any atom is 0.228 e. The van der Waals surface area contributed by atoms with E-state index in [2.05, 4.69) is 27.0 Å². The Hall–Kier alpha value is -2.43. The molecule has 5 nitrogen and oxygen atoms in total. The molecule has 1 aliphatic heterocycles. The molecule has 0 saturated carbocycles. The van der Waals surface area contributed by atoms with Crippen LogP contribution in [0.25, 0.3) is 11.3 Å². The van der Waals surface area contributed by atoms with Crippen molar-refractivity contribution in [1.82, 2.24) is 14.9 Å². The predicted molar refractivity (Wildman–Crippen MR) is 100 cm³/mol. The maximum atomic E-state index is 12.4. The summed E-state index contributed by atoms with van der Waals surface area (Å²) in [5, 5.41) is 0. The lowest BCUT2D eigenvalue weighted by Crippen LogP contribution is -2.51. The third-order valence-electron chi connectivity index (χ3n) is 4.43. The van der Waals surface area contributed by atoms with Crippen LogP contribution < -0.4 is 4.90 Å². The van der Waals surface area contributed by atoms with E-state index in [0.29, 0.717) is 0 Å². The summed E-state index contributed by atoms with van der Waals surface area (Å²) in [6, 6.07) is 12.2. The molecule has 1 aromatic carbocycles. The van der Waals surface area contributed by atoms with E-state index in [-0.39, 0.29) is 11.3 Å². The number of aryl methyl sites for hydroxylation is 1. The average molecular weight is 338 g/mol. The van der Waals surface area contributed by atoms with Crippen molar-refractivity contribution in [2.24, 2.45) is 5.41 Å². The summed E-state index contributed by atoms with van der Waals surface area (Å²) in [4.78, 5) is 25.8. The molecule has 1 fully saturated rings. The van der Waals surface area contributed by atoms with Crippen molar-refractivity contribution in [1.29, 1.82) is 0 Å². The highest BCUT2D eigenvalue weighted by Gasteiger charge is 2.30. The molecule has 2 heterocycles. The van der Waals surface area contributed by atoms with Gasteiger partial charge in [0.1, 0.15) is 11.6 Å². The first-order valence-electron chi connectivity index (χ1n) is 8.80. The van der Waals surface area contributed by atoms with E-state index < -0.39 is 0 Å². The smallest absolute Gasteiger partial charge is 0.228 e. The van der Waals surface area contributed by atoms with Crippen LogP contribution in [0.3, 0.4) is 0 Å². The lowest BCUT2D eigenvalue weighted by atomic mass is 9.94. The quantitative estimate of drug-likeness (QED) is 0.844. The summed E-state index contributed by atoms with van der Waals surface area (Å²) < 4.78 is 0. The van der Waals surface area contributed by atoms with Crippen LogP contribution in [0.15, 0.2) is 36.4 Å². The molecule has 0 bridgehead atoms. The zero-order chi connectivity index (χ0) is 18.0. The van der Waals surface area contributed by atoms with E-state index in [1.165, 1.54) is 0 Å². The van der Waals surface area contributed by atoms with Crippen LogP contribution >= 0.6 is 0 Å². The van der Waals surface area contributed by atoms with Crippen LogP contribution in [0.2, 0.25) is 0 Å². The summed E-state index contributed by atoms with van der Waals surface area (Å²) in [6.45, 7) is 10.9. The molecule has 3 rings (SSSR count). The Balaban J connectivity index is 1.76. The fourth-order valence-electron chi connectivity index (χ4n) is 3.08. The molecule has 0 unspecified atom stereocenters. The molecule has 25 heavy (non-hydrogen) atoms. The lowest BCUT2D eigenvalue weighted by Gasteiger charge is -2.38. The first-order valence-corrected chi connectivity index (χ1v) is 8.80. The number of nitrogens with zero attached hydrogens (tertiary/aromatic N) is 4. The van der Waals surface area contributed by atoms with Gasteiger partial charge in [-0.3, -0.25) is 4.79 Å². The third-order valence-corrected chi connectivity index (χ3v) is 4.43. The van der Waals surface area contributed by atoms with E-state index in [0.717, 1.165) is 49.1 Å². The second-order valence-electron chi connectivity index (χ2n) is 7.55. The van der Waals surface area contributed by atoms with Crippen LogP contribution in [0.4, 0.5) is 5.82 Å². The first kappa shape index (κ1) is 17.4. The molecule has 0 atom stereocenters. The Bertz CT molecular complexity index is 744. The molecule has 0 radical (unpaired) electrons. The first-order chi connectivity index (χ1) is 11.8. The zero-order valence-electron chi connectivity index (χ0n) is 15.5. The van der Waals surface area contributed by atoms with Crippen LogP contribution in [0.1, 0.15) is 26.6 Å². The fourth-order valence-corrected chi connectivity index (χ4v) is 3.08. The Kier molecular flexibility index (Phi) is 4.75. The summed E-state index contributed by atoms with van der Waals surface area (Å²) in [5.74, 6) is 1.93. The second kappa shape index (κ2) is 6.82. The van der Waals surface area contributed by atoms with Crippen LogP contribution in [-0.2, 0) is 4.79 Å². The summed E-state index contributed by atoms with van der Waals surface area (Å²) in [5.41, 5.74) is 1.71. The minimum absolute atomic E-state index is 0.219. The minimum Gasteiger partial charge on any atom is -0.353 e. The van der Waals surface area contributed by atoms with Gasteiger partial charge in [-0.25, -0.2) is 9.97 Å². The number of hydrogen-bond donors (Lipinski definition) is 0. The minimum atomic E-state index is -0.325. The van der Waals surface area contributed by atoms with Crippen molar-refractivity contribution in [2.45, 2.75) is 27.7 Å². The van der Waals surface area contributed by atoms with Gasteiger partial charge in [0.25, 0.3) is 0 Å². The molecule has 0 aliphatic carbocycles. The molecular formula is C20H26N4O. The number of carbonyl (C=O) groups is 1. The Morgan fingerprint density at radius 1 is 1.00 bits per heavy atom. The van der Waals surface area contributed by atoms with Crippen molar-refractivity contribution in [3.8, 4) is 11.3 Å². The van der Waals surface area contributed by atoms with Crippen LogP contribution in [-0.4, -0.2) is 47.0 Å². The van der Waals surface area contributed by atoms with Crippen molar-refractivity contribution in [3.63, 3.8) is 0 Å². The van der Waals surface area contributed by atoms with Crippen molar-refractivity contribution in [3.05, 3.63) is 42.2 Å². The topological polar surface area (TPSA) is 49.3 Å². The Morgan fingerprint density at radius 2 is 1.64 bits per heavy atom. The number of hydrogen-bond acceptors (Lipinski definition) is 4. The van der Waals surface area contributed by atoms with Gasteiger partial charge in [-0.1, -0.05) is 51.1 Å². The Labute approximate surface area is 149 Å². The predicted octanol–water partition coefficient (Wildman–Crippen LogP) is 3.15. The van der Waals surface area contributed by atoms with Gasteiger partial charge in [0.2, 0.25) is 5.91 Å². The van der Waals surface area contributed by atoms with Gasteiger partial charge in [0, 0.05) is 43.2 Å². The molecule has 1 aromatic heterocycles. The van der Waals surface area contributed by atoms with Gasteiger partial charge >= 0.3 is 0 Å². The fraction of sp³-hybridized carbons (Fsp3) is 0.450. The van der Waals surface area contributed by atoms with Gasteiger partial charge in [0.05, 0.1) is 5.69 Å². The zero-order valence-corrected chi connectivity index (χ0v) is 15.5. The Morgan fingerprint density at radius 3 is 2.24 bits per heavy atom. The van der Waals surface area contributed by atoms with Gasteiger partial charge in [0.15, 0.2) is 0 Å². The van der Waals surface area contributed by atoms with Gasteiger partial charge in [-0.15, -0.1) is 0 Å². The second-order valence-corrected chi connectivity index (χ2v) is 7.55. The molecule has 132 valence electrons. The molecule has 0 N–H and O–H groups in total. The van der Waals surface area contributed by atoms with Crippen LogP contribution in [0.5, 0.6) is 0 Å². The highest BCUT2D eigenvalue weighted by molar-refractivity contribution is 5.81. The molecule has 1 amide bonds. The van der Waals surface area contributed by atoms with E-state index in [1.54, 1.807) is 0 Å². The van der Waals surface area contributed by atoms with Crippen LogP contribution in [0, 0.1) is 12.3 Å². The van der Waals surface area contributed by atoms with Gasteiger partial charge in [-0.2, -0.15) is 0 Å². The van der Waals surface area contributed by atoms with Gasteiger partial charge in [-0.05, 0) is 6.92 Å². The van der Waals surface area contributed by atoms with Crippen molar-refractivity contribution < 1.29 is 4.79 Å². The largest absolute Gasteiger partial charge is 0.353 e. The SMILES string of the molecule is Cc1nc(-c2ccccc2)cc(N2CCN(C(=O)C(C)(C)C)CC2)n1. The summed E-state index contributed by atoms with van der Waals surface area (Å²) in [6.07, 6.45) is 0. The third kappa shape index (κ3) is 3.98. The maximum absolute atomic E-state index is 12.4. The summed E-state index contributed by atoms with van der Waals surface area (Å²) in [7, 11) is 0. The van der Waals surface area contributed by atoms with E-state index in [4.69, 9.17) is 0 Å². The highest BCUT2D eigenvalue weighted by Crippen LogP contribution is 2.24. The summed E-state index contributed by atoms with van der Waals surface area (Å²) >= 11 is 0. The average Bonchev–Trinajstić information content (AvgIpc) is 2.61. The molecule has 0 spiro atoms. The normalized spacial score (nSPS) is 15.4. The number of aromatic nitrogens is 2. The molecule has 2 aromatic rings. The molecular weight excluding hydrogens is 312 g/mol.